The van der Waals surface area contributed by atoms with E-state index in [-0.39, 0.29) is 5.91 Å². The minimum Gasteiger partial charge on any atom is -0.356 e. The predicted molar refractivity (Wildman–Crippen MR) is 125 cm³/mol. The lowest BCUT2D eigenvalue weighted by Crippen LogP contribution is -2.39. The normalized spacial score (nSPS) is 24.8. The Labute approximate surface area is 189 Å². The van der Waals surface area contributed by atoms with Gasteiger partial charge in [0.1, 0.15) is 0 Å². The summed E-state index contributed by atoms with van der Waals surface area (Å²) in [5.74, 6) is 1.03. The molecule has 1 aliphatic heterocycles. The zero-order valence-electron chi connectivity index (χ0n) is 18.3. The second-order valence-corrected chi connectivity index (χ2v) is 10.3. The van der Waals surface area contributed by atoms with Gasteiger partial charge in [-0.25, -0.2) is 0 Å². The van der Waals surface area contributed by atoms with E-state index in [4.69, 9.17) is 0 Å². The SMILES string of the molecule is CC1=NS(=O)(=O)NC(C)=C1CCC(=O)NC[C@H]1CC2c3ccccc3C1c1ccccc12. The molecule has 4 aliphatic rings. The maximum atomic E-state index is 12.7. The lowest BCUT2D eigenvalue weighted by molar-refractivity contribution is -0.121. The number of fused-ring (bicyclic) bond motifs is 1. The molecule has 7 heteroatoms. The number of rotatable bonds is 5. The molecule has 1 atom stereocenters. The van der Waals surface area contributed by atoms with Crippen LogP contribution in [-0.4, -0.2) is 26.6 Å². The molecule has 166 valence electrons. The monoisotopic (exact) mass is 449 g/mol. The molecule has 1 heterocycles. The average Bonchev–Trinajstić information content (AvgIpc) is 2.76. The van der Waals surface area contributed by atoms with E-state index in [2.05, 4.69) is 63.0 Å². The van der Waals surface area contributed by atoms with Gasteiger partial charge in [0, 0.05) is 30.5 Å². The van der Waals surface area contributed by atoms with Crippen molar-refractivity contribution in [2.45, 2.75) is 44.9 Å². The summed E-state index contributed by atoms with van der Waals surface area (Å²) in [7, 11) is -3.65. The Balaban J connectivity index is 1.27. The summed E-state index contributed by atoms with van der Waals surface area (Å²) < 4.78 is 29.4. The molecule has 2 aromatic carbocycles. The number of allylic oxidation sites excluding steroid dienone is 2. The van der Waals surface area contributed by atoms with Crippen molar-refractivity contribution in [3.05, 3.63) is 82.1 Å². The molecule has 0 saturated carbocycles. The molecule has 1 amide bonds. The first-order valence-electron chi connectivity index (χ1n) is 11.1. The largest absolute Gasteiger partial charge is 0.356 e. The fourth-order valence-corrected chi connectivity index (χ4v) is 6.71. The first-order valence-corrected chi connectivity index (χ1v) is 12.5. The topological polar surface area (TPSA) is 87.6 Å². The van der Waals surface area contributed by atoms with Crippen LogP contribution in [0.5, 0.6) is 0 Å². The molecular weight excluding hydrogens is 422 g/mol. The zero-order valence-corrected chi connectivity index (χ0v) is 19.1. The first kappa shape index (κ1) is 20.9. The van der Waals surface area contributed by atoms with Crippen LogP contribution in [0, 0.1) is 5.92 Å². The van der Waals surface area contributed by atoms with Crippen LogP contribution in [0.1, 0.15) is 67.2 Å². The number of carbonyl (C=O) groups is 1. The molecule has 0 fully saturated rings. The molecule has 2 aromatic rings. The third-order valence-corrected chi connectivity index (χ3v) is 8.09. The average molecular weight is 450 g/mol. The van der Waals surface area contributed by atoms with E-state index in [9.17, 15) is 13.2 Å². The Bertz CT molecular complexity index is 1220. The number of hydrogen-bond acceptors (Lipinski definition) is 3. The van der Waals surface area contributed by atoms with Crippen LogP contribution >= 0.6 is 0 Å². The Morgan fingerprint density at radius 2 is 1.62 bits per heavy atom. The van der Waals surface area contributed by atoms with Gasteiger partial charge >= 0.3 is 10.2 Å². The summed E-state index contributed by atoms with van der Waals surface area (Å²) in [4.78, 5) is 12.7. The lowest BCUT2D eigenvalue weighted by atomic mass is 9.59. The molecular formula is C25H27N3O3S. The molecule has 6 nitrogen and oxygen atoms in total. The molecule has 0 spiro atoms. The summed E-state index contributed by atoms with van der Waals surface area (Å²) in [5.41, 5.74) is 7.42. The van der Waals surface area contributed by atoms with Crippen molar-refractivity contribution < 1.29 is 13.2 Å². The second kappa shape index (κ2) is 7.89. The third kappa shape index (κ3) is 3.64. The van der Waals surface area contributed by atoms with Crippen LogP contribution in [0.4, 0.5) is 0 Å². The summed E-state index contributed by atoms with van der Waals surface area (Å²) in [6.45, 7) is 4.01. The predicted octanol–water partition coefficient (Wildman–Crippen LogP) is 3.76. The van der Waals surface area contributed by atoms with Crippen LogP contribution in [-0.2, 0) is 15.0 Å². The van der Waals surface area contributed by atoms with Crippen molar-refractivity contribution in [1.82, 2.24) is 10.0 Å². The summed E-state index contributed by atoms with van der Waals surface area (Å²) in [6, 6.07) is 17.4. The van der Waals surface area contributed by atoms with Gasteiger partial charge in [-0.2, -0.15) is 8.42 Å². The number of amides is 1. The fourth-order valence-electron chi connectivity index (χ4n) is 5.68. The van der Waals surface area contributed by atoms with Gasteiger partial charge < -0.3 is 5.32 Å². The standard InChI is InChI=1S/C25H27N3O3S/c1-15-18(16(2)28-32(30,31)27-15)11-12-24(29)26-14-17-13-23-19-7-3-5-9-21(19)25(17)22-10-6-4-8-20(22)23/h3-10,17,23,25,27H,11-14H2,1-2H3,(H,26,29)/t17-,23?,25?/m1/s1. The van der Waals surface area contributed by atoms with E-state index in [1.54, 1.807) is 13.8 Å². The van der Waals surface area contributed by atoms with E-state index in [0.29, 0.717) is 48.5 Å². The molecule has 6 rings (SSSR count). The van der Waals surface area contributed by atoms with Gasteiger partial charge in [-0.1, -0.05) is 48.5 Å². The molecule has 32 heavy (non-hydrogen) atoms. The molecule has 2 bridgehead atoms. The lowest BCUT2D eigenvalue weighted by Gasteiger charge is -2.45. The summed E-state index contributed by atoms with van der Waals surface area (Å²) in [5, 5.41) is 3.14. The van der Waals surface area contributed by atoms with E-state index < -0.39 is 10.2 Å². The van der Waals surface area contributed by atoms with Crippen molar-refractivity contribution in [3.63, 3.8) is 0 Å². The van der Waals surface area contributed by atoms with Crippen molar-refractivity contribution in [1.29, 1.82) is 0 Å². The maximum absolute atomic E-state index is 12.7. The van der Waals surface area contributed by atoms with Crippen LogP contribution in [0.2, 0.25) is 0 Å². The number of carbonyl (C=O) groups excluding carboxylic acids is 1. The van der Waals surface area contributed by atoms with Gasteiger partial charge in [0.25, 0.3) is 0 Å². The molecule has 0 saturated heterocycles. The Morgan fingerprint density at radius 3 is 2.22 bits per heavy atom. The van der Waals surface area contributed by atoms with Gasteiger partial charge in [-0.05, 0) is 60.4 Å². The molecule has 0 radical (unpaired) electrons. The zero-order chi connectivity index (χ0) is 22.5. The van der Waals surface area contributed by atoms with Gasteiger partial charge in [0.05, 0.1) is 5.71 Å². The van der Waals surface area contributed by atoms with Gasteiger partial charge in [0.2, 0.25) is 5.91 Å². The highest BCUT2D eigenvalue weighted by Gasteiger charge is 2.42. The van der Waals surface area contributed by atoms with Crippen molar-refractivity contribution in [2.24, 2.45) is 10.3 Å². The summed E-state index contributed by atoms with van der Waals surface area (Å²) in [6.07, 6.45) is 1.80. The minimum atomic E-state index is -3.65. The van der Waals surface area contributed by atoms with E-state index in [1.807, 2.05) is 0 Å². The number of nitrogens with zero attached hydrogens (tertiary/aromatic N) is 1. The number of nitrogens with one attached hydrogen (secondary N) is 2. The van der Waals surface area contributed by atoms with E-state index >= 15 is 0 Å². The van der Waals surface area contributed by atoms with Crippen LogP contribution in [0.3, 0.4) is 0 Å². The number of benzene rings is 2. The van der Waals surface area contributed by atoms with E-state index in [1.165, 1.54) is 22.3 Å². The smallest absolute Gasteiger partial charge is 0.342 e. The van der Waals surface area contributed by atoms with Crippen LogP contribution in [0.25, 0.3) is 0 Å². The van der Waals surface area contributed by atoms with E-state index in [0.717, 1.165) is 12.0 Å². The first-order chi connectivity index (χ1) is 15.3. The molecule has 0 unspecified atom stereocenters. The quantitative estimate of drug-likeness (QED) is 0.729. The highest BCUT2D eigenvalue weighted by molar-refractivity contribution is 7.88. The van der Waals surface area contributed by atoms with Gasteiger partial charge in [-0.15, -0.1) is 4.40 Å². The molecule has 0 aromatic heterocycles. The van der Waals surface area contributed by atoms with Gasteiger partial charge in [0.15, 0.2) is 0 Å². The number of hydrogen-bond donors (Lipinski definition) is 2. The second-order valence-electron chi connectivity index (χ2n) is 8.95. The van der Waals surface area contributed by atoms with Crippen LogP contribution < -0.4 is 10.0 Å². The molecule has 3 aliphatic carbocycles. The Hall–Kier alpha value is -2.93. The molecule has 2 N–H and O–H groups in total. The third-order valence-electron chi connectivity index (χ3n) is 7.01. The van der Waals surface area contributed by atoms with Crippen molar-refractivity contribution in [2.75, 3.05) is 6.54 Å². The fraction of sp³-hybridized carbons (Fsp3) is 0.360. The Kier molecular flexibility index (Phi) is 5.16. The van der Waals surface area contributed by atoms with Crippen molar-refractivity contribution >= 4 is 21.8 Å². The highest BCUT2D eigenvalue weighted by Crippen LogP contribution is 2.55. The maximum Gasteiger partial charge on any atom is 0.342 e. The summed E-state index contributed by atoms with van der Waals surface area (Å²) >= 11 is 0. The van der Waals surface area contributed by atoms with Crippen molar-refractivity contribution in [3.8, 4) is 0 Å². The highest BCUT2D eigenvalue weighted by atomic mass is 32.2. The minimum absolute atomic E-state index is 0.0189. The van der Waals surface area contributed by atoms with Gasteiger partial charge in [-0.3, -0.25) is 9.52 Å². The Morgan fingerprint density at radius 1 is 1.03 bits per heavy atom. The van der Waals surface area contributed by atoms with Crippen LogP contribution in [0.15, 0.2) is 64.2 Å².